The van der Waals surface area contributed by atoms with Gasteiger partial charge in [0.15, 0.2) is 0 Å². The third-order valence-electron chi connectivity index (χ3n) is 5.81. The number of carbonyl (C=O) groups excluding carboxylic acids is 2. The van der Waals surface area contributed by atoms with E-state index in [0.29, 0.717) is 18.7 Å². The van der Waals surface area contributed by atoms with E-state index in [4.69, 9.17) is 0 Å². The topological polar surface area (TPSA) is 102 Å². The smallest absolute Gasteiger partial charge is 0.253 e. The average Bonchev–Trinajstić information content (AvgIpc) is 2.81. The Balaban J connectivity index is 2.29. The molecule has 0 aromatic heterocycles. The van der Waals surface area contributed by atoms with Gasteiger partial charge in [-0.2, -0.15) is 0 Å². The average molecular weight is 520 g/mol. The summed E-state index contributed by atoms with van der Waals surface area (Å²) in [5.41, 5.74) is 1.64. The number of aryl methyl sites for hydroxylation is 1. The van der Waals surface area contributed by atoms with Gasteiger partial charge in [0.2, 0.25) is 0 Å². The monoisotopic (exact) mass is 519 g/mol. The normalized spacial score (nSPS) is 13.6. The predicted octanol–water partition coefficient (Wildman–Crippen LogP) is 3.21. The zero-order valence-electron chi connectivity index (χ0n) is 22.1. The number of aliphatic hydroxyl groups excluding tert-OH is 2. The minimum atomic E-state index is -1.12. The van der Waals surface area contributed by atoms with Crippen LogP contribution in [0.2, 0.25) is 0 Å². The summed E-state index contributed by atoms with van der Waals surface area (Å²) in [7, 11) is 0. The highest BCUT2D eigenvalue weighted by Gasteiger charge is 2.24. The Kier molecular flexibility index (Phi) is 12.1. The van der Waals surface area contributed by atoms with Crippen molar-refractivity contribution in [1.82, 2.24) is 15.5 Å². The van der Waals surface area contributed by atoms with Crippen LogP contribution in [0.15, 0.2) is 36.4 Å². The fourth-order valence-electron chi connectivity index (χ4n) is 4.18. The van der Waals surface area contributed by atoms with E-state index in [9.17, 15) is 28.6 Å². The van der Waals surface area contributed by atoms with Gasteiger partial charge in [-0.3, -0.25) is 9.59 Å². The molecule has 9 heteroatoms. The molecule has 2 aromatic carbocycles. The SMILES string of the molecule is CCCN(CCC)C(=O)c1cc(C)cc(C(=O)N[C@@H](Cc2cc(F)cc(F)c2)[C@H](O)CNC[C@@H](C)O)c1. The quantitative estimate of drug-likeness (QED) is 0.307. The van der Waals surface area contributed by atoms with E-state index in [1.807, 2.05) is 13.8 Å². The van der Waals surface area contributed by atoms with Gasteiger partial charge in [-0.25, -0.2) is 8.78 Å². The number of benzene rings is 2. The summed E-state index contributed by atoms with van der Waals surface area (Å²) in [6.07, 6.45) is -0.163. The molecule has 37 heavy (non-hydrogen) atoms. The third kappa shape index (κ3) is 9.83. The first-order chi connectivity index (χ1) is 17.5. The van der Waals surface area contributed by atoms with Crippen LogP contribution >= 0.6 is 0 Å². The number of amides is 2. The van der Waals surface area contributed by atoms with Crippen molar-refractivity contribution in [1.29, 1.82) is 0 Å². The highest BCUT2D eigenvalue weighted by molar-refractivity contribution is 6.00. The predicted molar refractivity (Wildman–Crippen MR) is 140 cm³/mol. The van der Waals surface area contributed by atoms with Crippen molar-refractivity contribution in [2.75, 3.05) is 26.2 Å². The number of carbonyl (C=O) groups is 2. The maximum absolute atomic E-state index is 13.8. The molecule has 2 amide bonds. The maximum Gasteiger partial charge on any atom is 0.253 e. The van der Waals surface area contributed by atoms with Gasteiger partial charge in [0.05, 0.1) is 18.2 Å². The molecule has 2 rings (SSSR count). The number of nitrogens with one attached hydrogen (secondary N) is 2. The van der Waals surface area contributed by atoms with Crippen LogP contribution in [0.1, 0.15) is 65.5 Å². The molecule has 7 nitrogen and oxygen atoms in total. The molecular weight excluding hydrogens is 480 g/mol. The van der Waals surface area contributed by atoms with Crippen molar-refractivity contribution in [2.45, 2.75) is 65.2 Å². The molecule has 0 aliphatic carbocycles. The second-order valence-corrected chi connectivity index (χ2v) is 9.52. The molecule has 0 heterocycles. The van der Waals surface area contributed by atoms with Crippen molar-refractivity contribution in [3.8, 4) is 0 Å². The van der Waals surface area contributed by atoms with Crippen molar-refractivity contribution in [3.63, 3.8) is 0 Å². The number of nitrogens with zero attached hydrogens (tertiary/aromatic N) is 1. The molecule has 3 atom stereocenters. The summed E-state index contributed by atoms with van der Waals surface area (Å²) in [4.78, 5) is 28.1. The van der Waals surface area contributed by atoms with E-state index in [-0.39, 0.29) is 36.5 Å². The van der Waals surface area contributed by atoms with E-state index >= 15 is 0 Å². The van der Waals surface area contributed by atoms with Gasteiger partial charge in [0, 0.05) is 43.4 Å². The number of halogens is 2. The third-order valence-corrected chi connectivity index (χ3v) is 5.81. The Morgan fingerprint density at radius 2 is 1.51 bits per heavy atom. The molecule has 0 fully saturated rings. The standard InChI is InChI=1S/C28H39F2N3O4/c1-5-7-33(8-6-2)28(37)22-10-18(3)9-21(14-22)27(36)32-25(26(35)17-31-16-19(4)34)13-20-11-23(29)15-24(30)12-20/h9-12,14-15,19,25-26,31,34-35H,5-8,13,16-17H2,1-4H3,(H,32,36)/t19-,25+,26-/m1/s1. The summed E-state index contributed by atoms with van der Waals surface area (Å²) in [5.74, 6) is -2.19. The fourth-order valence-corrected chi connectivity index (χ4v) is 4.18. The van der Waals surface area contributed by atoms with Gasteiger partial charge in [0.25, 0.3) is 11.8 Å². The first kappa shape index (κ1) is 30.3. The summed E-state index contributed by atoms with van der Waals surface area (Å²) in [5, 5.41) is 25.9. The highest BCUT2D eigenvalue weighted by atomic mass is 19.1. The van der Waals surface area contributed by atoms with Gasteiger partial charge >= 0.3 is 0 Å². The van der Waals surface area contributed by atoms with E-state index in [0.717, 1.165) is 36.6 Å². The zero-order valence-corrected chi connectivity index (χ0v) is 22.1. The molecule has 0 saturated carbocycles. The molecule has 0 unspecified atom stereocenters. The summed E-state index contributed by atoms with van der Waals surface area (Å²) in [6.45, 7) is 8.86. The molecule has 0 saturated heterocycles. The van der Waals surface area contributed by atoms with E-state index in [1.165, 1.54) is 6.07 Å². The molecule has 2 aromatic rings. The Morgan fingerprint density at radius 3 is 2.08 bits per heavy atom. The Hall–Kier alpha value is -2.88. The van der Waals surface area contributed by atoms with Crippen LogP contribution in [0.5, 0.6) is 0 Å². The minimum Gasteiger partial charge on any atom is -0.392 e. The van der Waals surface area contributed by atoms with Gasteiger partial charge in [0.1, 0.15) is 11.6 Å². The second kappa shape index (κ2) is 14.8. The summed E-state index contributed by atoms with van der Waals surface area (Å²) in [6, 6.07) is 7.07. The second-order valence-electron chi connectivity index (χ2n) is 9.52. The van der Waals surface area contributed by atoms with Crippen molar-refractivity contribution in [3.05, 3.63) is 70.3 Å². The first-order valence-corrected chi connectivity index (χ1v) is 12.8. The fraction of sp³-hybridized carbons (Fsp3) is 0.500. The van der Waals surface area contributed by atoms with Crippen molar-refractivity contribution < 1.29 is 28.6 Å². The van der Waals surface area contributed by atoms with Crippen LogP contribution in [0.4, 0.5) is 8.78 Å². The molecule has 4 N–H and O–H groups in total. The summed E-state index contributed by atoms with van der Waals surface area (Å²) < 4.78 is 27.5. The van der Waals surface area contributed by atoms with Crippen LogP contribution < -0.4 is 10.6 Å². The number of aliphatic hydroxyl groups is 2. The highest BCUT2D eigenvalue weighted by Crippen LogP contribution is 2.16. The summed E-state index contributed by atoms with van der Waals surface area (Å²) >= 11 is 0. The van der Waals surface area contributed by atoms with Crippen LogP contribution in [-0.4, -0.2) is 71.4 Å². The number of hydrogen-bond donors (Lipinski definition) is 4. The van der Waals surface area contributed by atoms with E-state index in [1.54, 1.807) is 30.9 Å². The van der Waals surface area contributed by atoms with Gasteiger partial charge < -0.3 is 25.7 Å². The van der Waals surface area contributed by atoms with Gasteiger partial charge in [-0.15, -0.1) is 0 Å². The Morgan fingerprint density at radius 1 is 0.919 bits per heavy atom. The van der Waals surface area contributed by atoms with E-state index < -0.39 is 35.8 Å². The lowest BCUT2D eigenvalue weighted by molar-refractivity contribution is 0.0755. The largest absolute Gasteiger partial charge is 0.392 e. The van der Waals surface area contributed by atoms with Crippen LogP contribution in [0.25, 0.3) is 0 Å². The molecule has 0 spiro atoms. The van der Waals surface area contributed by atoms with E-state index in [2.05, 4.69) is 10.6 Å². The Bertz CT molecular complexity index is 1020. The van der Waals surface area contributed by atoms with Gasteiger partial charge in [-0.1, -0.05) is 13.8 Å². The number of hydrogen-bond acceptors (Lipinski definition) is 5. The van der Waals surface area contributed by atoms with Crippen LogP contribution in [0, 0.1) is 18.6 Å². The van der Waals surface area contributed by atoms with Gasteiger partial charge in [-0.05, 0) is 74.6 Å². The molecular formula is C28H39F2N3O4. The van der Waals surface area contributed by atoms with Crippen molar-refractivity contribution in [2.24, 2.45) is 0 Å². The molecule has 0 radical (unpaired) electrons. The van der Waals surface area contributed by atoms with Crippen LogP contribution in [0.3, 0.4) is 0 Å². The molecule has 0 aliphatic rings. The lowest BCUT2D eigenvalue weighted by atomic mass is 9.99. The number of rotatable bonds is 14. The van der Waals surface area contributed by atoms with Crippen LogP contribution in [-0.2, 0) is 6.42 Å². The lowest BCUT2D eigenvalue weighted by Gasteiger charge is -2.26. The molecule has 0 aliphatic heterocycles. The molecule has 0 bridgehead atoms. The maximum atomic E-state index is 13.8. The lowest BCUT2D eigenvalue weighted by Crippen LogP contribution is -2.49. The van der Waals surface area contributed by atoms with Crippen molar-refractivity contribution >= 4 is 11.8 Å². The first-order valence-electron chi connectivity index (χ1n) is 12.8. The minimum absolute atomic E-state index is 0.0314. The zero-order chi connectivity index (χ0) is 27.5. The Labute approximate surface area is 217 Å². The molecule has 204 valence electrons.